The van der Waals surface area contributed by atoms with Crippen LogP contribution in [0.3, 0.4) is 0 Å². The average molecular weight is 194 g/mol. The molecule has 2 heteroatoms. The van der Waals surface area contributed by atoms with E-state index < -0.39 is 0 Å². The Balaban J connectivity index is 1.35. The fraction of sp³-hybridized carbons (Fsp3) is 0.833. The monoisotopic (exact) mass is 194 g/mol. The molecule has 0 saturated heterocycles. The normalized spacial score (nSPS) is 22.0. The van der Waals surface area contributed by atoms with Gasteiger partial charge in [-0.2, -0.15) is 0 Å². The Kier molecular flexibility index (Phi) is 4.02. The molecule has 0 amide bonds. The number of hydrogen-bond donors (Lipinski definition) is 2. The van der Waals surface area contributed by atoms with Gasteiger partial charge in [0.1, 0.15) is 0 Å². The van der Waals surface area contributed by atoms with Gasteiger partial charge in [0, 0.05) is 6.04 Å². The quantitative estimate of drug-likeness (QED) is 0.476. The lowest BCUT2D eigenvalue weighted by Crippen LogP contribution is -2.26. The minimum absolute atomic E-state index is 0.869. The van der Waals surface area contributed by atoms with Crippen molar-refractivity contribution in [3.63, 3.8) is 0 Å². The summed E-state index contributed by atoms with van der Waals surface area (Å²) >= 11 is 0. The van der Waals surface area contributed by atoms with E-state index in [9.17, 15) is 0 Å². The molecule has 2 N–H and O–H groups in total. The molecule has 1 saturated carbocycles. The Morgan fingerprint density at radius 2 is 1.86 bits per heavy atom. The number of allylic oxidation sites excluding steroid dienone is 2. The molecule has 0 unspecified atom stereocenters. The molecule has 0 aromatic carbocycles. The standard InChI is InChI=1S/C12H22N2/c1-2-5-11(4-1)10-13-8-3-9-14-12-6-7-12/h1-2,11-14H,3-10H2. The van der Waals surface area contributed by atoms with Crippen molar-refractivity contribution in [2.75, 3.05) is 19.6 Å². The molecule has 0 atom stereocenters. The van der Waals surface area contributed by atoms with Gasteiger partial charge in [-0.1, -0.05) is 12.2 Å². The lowest BCUT2D eigenvalue weighted by atomic mass is 10.1. The minimum atomic E-state index is 0.869. The van der Waals surface area contributed by atoms with Gasteiger partial charge in [-0.15, -0.1) is 0 Å². The highest BCUT2D eigenvalue weighted by molar-refractivity contribution is 4.94. The third kappa shape index (κ3) is 3.81. The van der Waals surface area contributed by atoms with Crippen molar-refractivity contribution < 1.29 is 0 Å². The maximum absolute atomic E-state index is 3.54. The topological polar surface area (TPSA) is 24.1 Å². The van der Waals surface area contributed by atoms with Gasteiger partial charge >= 0.3 is 0 Å². The van der Waals surface area contributed by atoms with Gasteiger partial charge in [0.25, 0.3) is 0 Å². The SMILES string of the molecule is C1=CCC(CNCCCNC2CC2)C1. The molecule has 0 radical (unpaired) electrons. The van der Waals surface area contributed by atoms with Crippen LogP contribution in [-0.2, 0) is 0 Å². The number of rotatable bonds is 7. The van der Waals surface area contributed by atoms with Crippen molar-refractivity contribution >= 4 is 0 Å². The highest BCUT2D eigenvalue weighted by atomic mass is 14.9. The molecular weight excluding hydrogens is 172 g/mol. The van der Waals surface area contributed by atoms with E-state index in [4.69, 9.17) is 0 Å². The van der Waals surface area contributed by atoms with Crippen molar-refractivity contribution in [3.8, 4) is 0 Å². The van der Waals surface area contributed by atoms with Crippen LogP contribution in [0.4, 0.5) is 0 Å². The second-order valence-corrected chi connectivity index (χ2v) is 4.59. The molecule has 2 nitrogen and oxygen atoms in total. The largest absolute Gasteiger partial charge is 0.316 e. The summed E-state index contributed by atoms with van der Waals surface area (Å²) in [5.74, 6) is 0.881. The maximum Gasteiger partial charge on any atom is 0.00682 e. The third-order valence-corrected chi connectivity index (χ3v) is 3.08. The lowest BCUT2D eigenvalue weighted by Gasteiger charge is -2.10. The van der Waals surface area contributed by atoms with Crippen LogP contribution in [-0.4, -0.2) is 25.7 Å². The van der Waals surface area contributed by atoms with E-state index in [1.54, 1.807) is 0 Å². The zero-order chi connectivity index (χ0) is 9.64. The highest BCUT2D eigenvalue weighted by Gasteiger charge is 2.19. The highest BCUT2D eigenvalue weighted by Crippen LogP contribution is 2.18. The maximum atomic E-state index is 3.54. The molecule has 0 heterocycles. The zero-order valence-corrected chi connectivity index (χ0v) is 8.97. The molecule has 14 heavy (non-hydrogen) atoms. The zero-order valence-electron chi connectivity index (χ0n) is 8.97. The average Bonchev–Trinajstić information content (AvgIpc) is 2.87. The summed E-state index contributed by atoms with van der Waals surface area (Å²) in [7, 11) is 0. The van der Waals surface area contributed by atoms with Crippen molar-refractivity contribution in [3.05, 3.63) is 12.2 Å². The van der Waals surface area contributed by atoms with Crippen LogP contribution in [0.5, 0.6) is 0 Å². The molecule has 2 aliphatic carbocycles. The van der Waals surface area contributed by atoms with Crippen molar-refractivity contribution in [2.45, 2.75) is 38.1 Å². The summed E-state index contributed by atoms with van der Waals surface area (Å²) in [6.07, 6.45) is 11.3. The first-order valence-electron chi connectivity index (χ1n) is 6.04. The van der Waals surface area contributed by atoms with Crippen LogP contribution in [0.15, 0.2) is 12.2 Å². The fourth-order valence-corrected chi connectivity index (χ4v) is 1.95. The molecule has 0 spiro atoms. The van der Waals surface area contributed by atoms with Gasteiger partial charge in [-0.05, 0) is 57.7 Å². The van der Waals surface area contributed by atoms with E-state index >= 15 is 0 Å². The second-order valence-electron chi connectivity index (χ2n) is 4.59. The van der Waals surface area contributed by atoms with Crippen LogP contribution < -0.4 is 10.6 Å². The van der Waals surface area contributed by atoms with Gasteiger partial charge in [-0.3, -0.25) is 0 Å². The predicted molar refractivity (Wildman–Crippen MR) is 60.4 cm³/mol. The van der Waals surface area contributed by atoms with Gasteiger partial charge in [0.05, 0.1) is 0 Å². The molecule has 2 aliphatic rings. The second kappa shape index (κ2) is 5.52. The van der Waals surface area contributed by atoms with Crippen LogP contribution in [0.1, 0.15) is 32.1 Å². The Morgan fingerprint density at radius 1 is 1.07 bits per heavy atom. The Bertz CT molecular complexity index is 177. The summed E-state index contributed by atoms with van der Waals surface area (Å²) in [4.78, 5) is 0. The summed E-state index contributed by atoms with van der Waals surface area (Å²) in [5, 5.41) is 7.07. The van der Waals surface area contributed by atoms with Crippen molar-refractivity contribution in [1.29, 1.82) is 0 Å². The first-order valence-corrected chi connectivity index (χ1v) is 6.04. The molecule has 0 aromatic rings. The first-order chi connectivity index (χ1) is 6.95. The van der Waals surface area contributed by atoms with Crippen molar-refractivity contribution in [2.24, 2.45) is 5.92 Å². The van der Waals surface area contributed by atoms with Crippen LogP contribution in [0.2, 0.25) is 0 Å². The van der Waals surface area contributed by atoms with E-state index in [2.05, 4.69) is 22.8 Å². The Labute approximate surface area is 87.2 Å². The van der Waals surface area contributed by atoms with E-state index in [1.807, 2.05) is 0 Å². The number of hydrogen-bond acceptors (Lipinski definition) is 2. The molecule has 0 aromatic heterocycles. The van der Waals surface area contributed by atoms with E-state index in [1.165, 1.54) is 51.7 Å². The van der Waals surface area contributed by atoms with Crippen LogP contribution in [0, 0.1) is 5.92 Å². The molecule has 1 fully saturated rings. The van der Waals surface area contributed by atoms with Gasteiger partial charge in [-0.25, -0.2) is 0 Å². The summed E-state index contributed by atoms with van der Waals surface area (Å²) in [5.41, 5.74) is 0. The van der Waals surface area contributed by atoms with Crippen LogP contribution >= 0.6 is 0 Å². The molecule has 2 rings (SSSR count). The van der Waals surface area contributed by atoms with Gasteiger partial charge in [0.2, 0.25) is 0 Å². The summed E-state index contributed by atoms with van der Waals surface area (Å²) in [6, 6.07) is 0.869. The van der Waals surface area contributed by atoms with Crippen LogP contribution in [0.25, 0.3) is 0 Å². The smallest absolute Gasteiger partial charge is 0.00682 e. The van der Waals surface area contributed by atoms with Gasteiger partial charge in [0.15, 0.2) is 0 Å². The summed E-state index contributed by atoms with van der Waals surface area (Å²) < 4.78 is 0. The minimum Gasteiger partial charge on any atom is -0.316 e. The number of nitrogens with one attached hydrogen (secondary N) is 2. The first kappa shape index (κ1) is 10.2. The summed E-state index contributed by atoms with van der Waals surface area (Å²) in [6.45, 7) is 3.58. The molecule has 80 valence electrons. The van der Waals surface area contributed by atoms with E-state index in [0.717, 1.165) is 12.0 Å². The predicted octanol–water partition coefficient (Wildman–Crippen LogP) is 1.68. The molecule has 0 bridgehead atoms. The Hall–Kier alpha value is -0.340. The Morgan fingerprint density at radius 3 is 2.57 bits per heavy atom. The van der Waals surface area contributed by atoms with E-state index in [0.29, 0.717) is 0 Å². The third-order valence-electron chi connectivity index (χ3n) is 3.08. The fourth-order valence-electron chi connectivity index (χ4n) is 1.95. The van der Waals surface area contributed by atoms with Crippen molar-refractivity contribution in [1.82, 2.24) is 10.6 Å². The molecular formula is C12H22N2. The lowest BCUT2D eigenvalue weighted by molar-refractivity contribution is 0.492. The van der Waals surface area contributed by atoms with E-state index in [-0.39, 0.29) is 0 Å². The molecule has 0 aliphatic heterocycles. The van der Waals surface area contributed by atoms with Gasteiger partial charge < -0.3 is 10.6 Å².